The van der Waals surface area contributed by atoms with Gasteiger partial charge >= 0.3 is 12.3 Å². The van der Waals surface area contributed by atoms with Gasteiger partial charge in [-0.2, -0.15) is 13.2 Å². The van der Waals surface area contributed by atoms with Gasteiger partial charge in [-0.1, -0.05) is 24.3 Å². The second-order valence-corrected chi connectivity index (χ2v) is 14.4. The lowest BCUT2D eigenvalue weighted by Crippen LogP contribution is -2.52. The second-order valence-electron chi connectivity index (χ2n) is 12.3. The molecule has 11 heteroatoms. The smallest absolute Gasteiger partial charge is 0.416 e. The number of amides is 1. The number of aryl methyl sites for hydroxylation is 1. The molecule has 2 aliphatic heterocycles. The summed E-state index contributed by atoms with van der Waals surface area (Å²) < 4.78 is 77.5. The lowest BCUT2D eigenvalue weighted by Gasteiger charge is -2.44. The van der Waals surface area contributed by atoms with Gasteiger partial charge in [-0.25, -0.2) is 13.2 Å². The Balaban J connectivity index is 1.22. The average Bonchev–Trinajstić information content (AvgIpc) is 2.92. The zero-order valence-corrected chi connectivity index (χ0v) is 25.2. The molecular weight excluding hydrogens is 581 g/mol. The van der Waals surface area contributed by atoms with Crippen LogP contribution in [0, 0.1) is 0 Å². The molecule has 2 aliphatic rings. The van der Waals surface area contributed by atoms with Crippen LogP contribution in [0.15, 0.2) is 60.8 Å². The van der Waals surface area contributed by atoms with Crippen molar-refractivity contribution in [2.75, 3.05) is 13.1 Å². The van der Waals surface area contributed by atoms with Crippen molar-refractivity contribution in [3.63, 3.8) is 0 Å². The number of hydrogen-bond donors (Lipinski definition) is 0. The molecule has 1 aromatic heterocycles. The lowest BCUT2D eigenvalue weighted by molar-refractivity contribution is -0.138. The highest BCUT2D eigenvalue weighted by Gasteiger charge is 2.41. The third kappa shape index (κ3) is 7.49. The van der Waals surface area contributed by atoms with Crippen molar-refractivity contribution < 1.29 is 35.9 Å². The number of ether oxygens (including phenoxy) is 2. The molecule has 0 atom stereocenters. The molecule has 1 amide bonds. The molecule has 3 aromatic rings. The number of rotatable bonds is 5. The van der Waals surface area contributed by atoms with Crippen LogP contribution in [0.4, 0.5) is 18.0 Å². The highest BCUT2D eigenvalue weighted by Crippen LogP contribution is 2.41. The molecule has 5 rings (SSSR count). The minimum absolute atomic E-state index is 0.272. The maximum absolute atomic E-state index is 13.3. The summed E-state index contributed by atoms with van der Waals surface area (Å²) in [5.41, 5.74) is 0.877. The van der Waals surface area contributed by atoms with Gasteiger partial charge in [0.25, 0.3) is 0 Å². The Hall–Kier alpha value is -3.60. The standard InChI is InChI=1S/C32H35F3N2O5S/c1-30(2,3)42-29(38)37-16-14-31(15-17-37)13-12-24-18-23(9-11-28(24)41-31)27-10-8-22(19-36-27)20-43(39,40)21-25-6-4-5-7-26(25)32(33,34)35/h4-11,18-19H,12-17,20-21H2,1-3H3. The van der Waals surface area contributed by atoms with Crippen molar-refractivity contribution in [3.05, 3.63) is 83.0 Å². The van der Waals surface area contributed by atoms with E-state index in [1.165, 1.54) is 24.4 Å². The predicted molar refractivity (Wildman–Crippen MR) is 156 cm³/mol. The summed E-state index contributed by atoms with van der Waals surface area (Å²) in [5, 5.41) is 0. The normalized spacial score (nSPS) is 16.8. The van der Waals surface area contributed by atoms with Crippen molar-refractivity contribution in [2.24, 2.45) is 0 Å². The van der Waals surface area contributed by atoms with Crippen LogP contribution < -0.4 is 4.74 Å². The predicted octanol–water partition coefficient (Wildman–Crippen LogP) is 6.98. The van der Waals surface area contributed by atoms with Crippen LogP contribution in [0.2, 0.25) is 0 Å². The van der Waals surface area contributed by atoms with E-state index in [9.17, 15) is 26.4 Å². The molecule has 1 spiro atoms. The van der Waals surface area contributed by atoms with Crippen molar-refractivity contribution in [2.45, 2.75) is 75.3 Å². The topological polar surface area (TPSA) is 85.8 Å². The molecule has 0 aliphatic carbocycles. The number of halogens is 3. The fourth-order valence-corrected chi connectivity index (χ4v) is 7.11. The monoisotopic (exact) mass is 616 g/mol. The number of piperidine rings is 1. The molecule has 0 N–H and O–H groups in total. The average molecular weight is 617 g/mol. The number of carbonyl (C=O) groups is 1. The number of sulfone groups is 1. The van der Waals surface area contributed by atoms with Gasteiger partial charge in [0.2, 0.25) is 0 Å². The van der Waals surface area contributed by atoms with E-state index in [-0.39, 0.29) is 17.3 Å². The quantitative estimate of drug-likeness (QED) is 0.308. The number of nitrogens with zero attached hydrogens (tertiary/aromatic N) is 2. The summed E-state index contributed by atoms with van der Waals surface area (Å²) in [7, 11) is -3.88. The van der Waals surface area contributed by atoms with Gasteiger partial charge in [-0.15, -0.1) is 0 Å². The van der Waals surface area contributed by atoms with E-state index >= 15 is 0 Å². The van der Waals surface area contributed by atoms with Crippen LogP contribution in [-0.4, -0.2) is 48.7 Å². The third-order valence-corrected chi connectivity index (χ3v) is 9.29. The van der Waals surface area contributed by atoms with E-state index in [0.717, 1.165) is 48.6 Å². The first-order chi connectivity index (χ1) is 20.1. The summed E-state index contributed by atoms with van der Waals surface area (Å²) >= 11 is 0. The Morgan fingerprint density at radius 2 is 1.72 bits per heavy atom. The molecule has 2 aromatic carbocycles. The number of fused-ring (bicyclic) bond motifs is 1. The number of carbonyl (C=O) groups excluding carboxylic acids is 1. The molecule has 0 saturated carbocycles. The first kappa shape index (κ1) is 30.8. The lowest BCUT2D eigenvalue weighted by atomic mass is 9.83. The van der Waals surface area contributed by atoms with E-state index in [1.54, 1.807) is 17.0 Å². The highest BCUT2D eigenvalue weighted by molar-refractivity contribution is 7.89. The number of benzene rings is 2. The Morgan fingerprint density at radius 1 is 1.00 bits per heavy atom. The zero-order chi connectivity index (χ0) is 31.0. The first-order valence-electron chi connectivity index (χ1n) is 14.2. The molecular formula is C32H35F3N2O5S. The summed E-state index contributed by atoms with van der Waals surface area (Å²) in [5.74, 6) is -0.323. The minimum Gasteiger partial charge on any atom is -0.487 e. The van der Waals surface area contributed by atoms with Gasteiger partial charge in [0.15, 0.2) is 9.84 Å². The summed E-state index contributed by atoms with van der Waals surface area (Å²) in [6.45, 7) is 6.70. The fourth-order valence-electron chi connectivity index (χ4n) is 5.60. The third-order valence-electron chi connectivity index (χ3n) is 7.77. The molecule has 1 saturated heterocycles. The van der Waals surface area contributed by atoms with Crippen molar-refractivity contribution in [3.8, 4) is 17.0 Å². The van der Waals surface area contributed by atoms with Crippen LogP contribution >= 0.6 is 0 Å². The van der Waals surface area contributed by atoms with Gasteiger partial charge in [-0.3, -0.25) is 4.98 Å². The zero-order valence-electron chi connectivity index (χ0n) is 24.4. The molecule has 1 fully saturated rings. The Labute approximate surface area is 249 Å². The Kier molecular flexibility index (Phi) is 8.24. The van der Waals surface area contributed by atoms with Crippen LogP contribution in [0.3, 0.4) is 0 Å². The van der Waals surface area contributed by atoms with E-state index in [0.29, 0.717) is 24.3 Å². The van der Waals surface area contributed by atoms with Gasteiger partial charge in [0.05, 0.1) is 22.8 Å². The Morgan fingerprint density at radius 3 is 2.37 bits per heavy atom. The molecule has 43 heavy (non-hydrogen) atoms. The van der Waals surface area contributed by atoms with Crippen molar-refractivity contribution in [1.82, 2.24) is 9.88 Å². The van der Waals surface area contributed by atoms with E-state index in [1.807, 2.05) is 39.0 Å². The van der Waals surface area contributed by atoms with Crippen LogP contribution in [-0.2, 0) is 38.7 Å². The molecule has 0 unspecified atom stereocenters. The second kappa shape index (κ2) is 11.5. The molecule has 3 heterocycles. The fraction of sp³-hybridized carbons (Fsp3) is 0.438. The van der Waals surface area contributed by atoms with Gasteiger partial charge in [0.1, 0.15) is 17.0 Å². The van der Waals surface area contributed by atoms with E-state index in [2.05, 4.69) is 4.98 Å². The Bertz CT molecular complexity index is 1590. The van der Waals surface area contributed by atoms with Crippen LogP contribution in [0.1, 0.15) is 62.3 Å². The first-order valence-corrected chi connectivity index (χ1v) is 16.0. The number of likely N-dealkylation sites (tertiary alicyclic amines) is 1. The van der Waals surface area contributed by atoms with E-state index in [4.69, 9.17) is 9.47 Å². The summed E-state index contributed by atoms with van der Waals surface area (Å²) in [6, 6.07) is 13.9. The van der Waals surface area contributed by atoms with Crippen LogP contribution in [0.25, 0.3) is 11.3 Å². The minimum atomic E-state index is -4.63. The molecule has 0 radical (unpaired) electrons. The summed E-state index contributed by atoms with van der Waals surface area (Å²) in [6.07, 6.45) is -0.395. The van der Waals surface area contributed by atoms with E-state index < -0.39 is 38.7 Å². The highest BCUT2D eigenvalue weighted by atomic mass is 32.2. The SMILES string of the molecule is CC(C)(C)OC(=O)N1CCC2(CCc3cc(-c4ccc(CS(=O)(=O)Cc5ccccc5C(F)(F)F)cn4)ccc3O2)CC1. The molecule has 0 bridgehead atoms. The number of aromatic nitrogens is 1. The maximum atomic E-state index is 13.3. The number of pyridine rings is 1. The number of hydrogen-bond acceptors (Lipinski definition) is 6. The largest absolute Gasteiger partial charge is 0.487 e. The molecule has 230 valence electrons. The van der Waals surface area contributed by atoms with Gasteiger partial charge in [-0.05, 0) is 80.6 Å². The number of alkyl halides is 3. The molecule has 7 nitrogen and oxygen atoms in total. The van der Waals surface area contributed by atoms with Crippen LogP contribution in [0.5, 0.6) is 5.75 Å². The van der Waals surface area contributed by atoms with Crippen molar-refractivity contribution >= 4 is 15.9 Å². The van der Waals surface area contributed by atoms with Crippen molar-refractivity contribution in [1.29, 1.82) is 0 Å². The summed E-state index contributed by atoms with van der Waals surface area (Å²) in [4.78, 5) is 18.6. The van der Waals surface area contributed by atoms with Gasteiger partial charge in [0, 0.05) is 37.7 Å². The van der Waals surface area contributed by atoms with Gasteiger partial charge < -0.3 is 14.4 Å². The maximum Gasteiger partial charge on any atom is 0.416 e.